The van der Waals surface area contributed by atoms with Gasteiger partial charge in [-0.05, 0) is 37.3 Å². The molecule has 3 rings (SSSR count). The highest BCUT2D eigenvalue weighted by molar-refractivity contribution is 7.88. The van der Waals surface area contributed by atoms with Crippen LogP contribution in [0, 0.1) is 6.92 Å². The molecule has 1 aromatic heterocycles. The zero-order chi connectivity index (χ0) is 19.1. The number of hydrogen-bond donors (Lipinski definition) is 1. The molecule has 0 aliphatic carbocycles. The van der Waals surface area contributed by atoms with Gasteiger partial charge in [0.05, 0.1) is 11.9 Å². The molecule has 2 aromatic rings. The van der Waals surface area contributed by atoms with E-state index in [9.17, 15) is 13.2 Å². The van der Waals surface area contributed by atoms with Crippen LogP contribution in [0.2, 0.25) is 5.02 Å². The maximum absolute atomic E-state index is 12.6. The van der Waals surface area contributed by atoms with Crippen molar-refractivity contribution in [1.82, 2.24) is 14.1 Å². The lowest BCUT2D eigenvalue weighted by Crippen LogP contribution is -2.35. The minimum atomic E-state index is -4.03. The third-order valence-electron chi connectivity index (χ3n) is 4.02. The second kappa shape index (κ2) is 6.58. The first-order valence-electron chi connectivity index (χ1n) is 7.55. The van der Waals surface area contributed by atoms with Crippen LogP contribution in [-0.2, 0) is 22.1 Å². The molecule has 0 spiro atoms. The summed E-state index contributed by atoms with van der Waals surface area (Å²) in [6, 6.07) is 6.49. The van der Waals surface area contributed by atoms with Gasteiger partial charge in [-0.1, -0.05) is 11.6 Å². The van der Waals surface area contributed by atoms with Crippen molar-refractivity contribution in [2.75, 3.05) is 12.4 Å². The summed E-state index contributed by atoms with van der Waals surface area (Å²) in [6.07, 6.45) is 2.94. The lowest BCUT2D eigenvalue weighted by atomic mass is 10.1. The number of aromatic nitrogens is 2. The van der Waals surface area contributed by atoms with Gasteiger partial charge in [-0.15, -0.1) is 4.40 Å². The average molecular weight is 394 g/mol. The largest absolute Gasteiger partial charge is 0.345 e. The van der Waals surface area contributed by atoms with Crippen molar-refractivity contribution in [2.45, 2.75) is 6.92 Å². The highest BCUT2D eigenvalue weighted by Gasteiger charge is 2.31. The summed E-state index contributed by atoms with van der Waals surface area (Å²) in [4.78, 5) is 12.6. The van der Waals surface area contributed by atoms with Crippen LogP contribution in [0.5, 0.6) is 0 Å². The molecular formula is C16H16ClN5O3S. The standard InChI is InChI=1S/C16H16ClN5O3S/c1-10-13(9-18-21(10)2)14-8-15(22(3)26(24,25)20-14)16(23)19-12-6-4-11(17)5-7-12/h4-9H,1-3H3,(H,19,23). The molecule has 26 heavy (non-hydrogen) atoms. The van der Waals surface area contributed by atoms with E-state index in [2.05, 4.69) is 14.8 Å². The van der Waals surface area contributed by atoms with Gasteiger partial charge in [0.1, 0.15) is 5.70 Å². The molecule has 1 amide bonds. The lowest BCUT2D eigenvalue weighted by Gasteiger charge is -2.23. The fraction of sp³-hybridized carbons (Fsp3) is 0.188. The van der Waals surface area contributed by atoms with Crippen molar-refractivity contribution in [2.24, 2.45) is 11.4 Å². The SMILES string of the molecule is Cc1c(C2=NS(=O)(=O)N(C)C(C(=O)Nc3ccc(Cl)cc3)=C2)cnn1C. The first-order chi connectivity index (χ1) is 12.2. The Balaban J connectivity index is 1.99. The van der Waals surface area contributed by atoms with Crippen molar-refractivity contribution in [3.63, 3.8) is 0 Å². The van der Waals surface area contributed by atoms with Crippen LogP contribution in [0.25, 0.3) is 0 Å². The van der Waals surface area contributed by atoms with E-state index < -0.39 is 16.1 Å². The van der Waals surface area contributed by atoms with Gasteiger partial charge in [-0.2, -0.15) is 13.5 Å². The number of carbonyl (C=O) groups is 1. The zero-order valence-electron chi connectivity index (χ0n) is 14.3. The Morgan fingerprint density at radius 2 is 1.85 bits per heavy atom. The van der Waals surface area contributed by atoms with E-state index in [1.807, 2.05) is 0 Å². The number of allylic oxidation sites excluding steroid dienone is 1. The van der Waals surface area contributed by atoms with Crippen molar-refractivity contribution in [1.29, 1.82) is 0 Å². The molecule has 1 N–H and O–H groups in total. The summed E-state index contributed by atoms with van der Waals surface area (Å²) in [5.41, 5.74) is 1.88. The Kier molecular flexibility index (Phi) is 4.59. The molecule has 0 radical (unpaired) electrons. The van der Waals surface area contributed by atoms with Crippen molar-refractivity contribution >= 4 is 39.1 Å². The summed E-state index contributed by atoms with van der Waals surface area (Å²) in [5, 5.41) is 7.27. The van der Waals surface area contributed by atoms with Crippen LogP contribution >= 0.6 is 11.6 Å². The number of benzene rings is 1. The summed E-state index contributed by atoms with van der Waals surface area (Å²) < 4.78 is 31.0. The first-order valence-corrected chi connectivity index (χ1v) is 9.33. The molecular weight excluding hydrogens is 378 g/mol. The fourth-order valence-corrected chi connectivity index (χ4v) is 3.40. The molecule has 2 heterocycles. The van der Waals surface area contributed by atoms with Crippen LogP contribution in [0.3, 0.4) is 0 Å². The number of amides is 1. The predicted molar refractivity (Wildman–Crippen MR) is 99.3 cm³/mol. The van der Waals surface area contributed by atoms with Gasteiger partial charge in [-0.3, -0.25) is 9.48 Å². The fourth-order valence-electron chi connectivity index (χ4n) is 2.37. The molecule has 1 aliphatic rings. The maximum Gasteiger partial charge on any atom is 0.345 e. The van der Waals surface area contributed by atoms with Crippen molar-refractivity contribution in [3.05, 3.63) is 58.5 Å². The lowest BCUT2D eigenvalue weighted by molar-refractivity contribution is -0.113. The number of anilines is 1. The third-order valence-corrected chi connectivity index (χ3v) is 5.59. The van der Waals surface area contributed by atoms with E-state index in [-0.39, 0.29) is 11.4 Å². The zero-order valence-corrected chi connectivity index (χ0v) is 15.8. The van der Waals surface area contributed by atoms with Gasteiger partial charge in [0.2, 0.25) is 0 Å². The third kappa shape index (κ3) is 3.35. The number of rotatable bonds is 3. The van der Waals surface area contributed by atoms with E-state index in [4.69, 9.17) is 11.6 Å². The first kappa shape index (κ1) is 18.2. The number of nitrogens with one attached hydrogen (secondary N) is 1. The Morgan fingerprint density at radius 1 is 1.19 bits per heavy atom. The molecule has 10 heteroatoms. The molecule has 1 aromatic carbocycles. The molecule has 0 saturated carbocycles. The minimum Gasteiger partial charge on any atom is -0.321 e. The summed E-state index contributed by atoms with van der Waals surface area (Å²) in [5.74, 6) is -0.577. The number of nitrogens with zero attached hydrogens (tertiary/aromatic N) is 4. The molecule has 0 bridgehead atoms. The van der Waals surface area contributed by atoms with Crippen LogP contribution in [0.15, 0.2) is 46.6 Å². The Bertz CT molecular complexity index is 1040. The number of hydrogen-bond acceptors (Lipinski definition) is 4. The van der Waals surface area contributed by atoms with Gasteiger partial charge >= 0.3 is 10.2 Å². The van der Waals surface area contributed by atoms with Crippen molar-refractivity contribution in [3.8, 4) is 0 Å². The second-order valence-electron chi connectivity index (χ2n) is 5.68. The molecule has 0 atom stereocenters. The quantitative estimate of drug-likeness (QED) is 0.861. The topological polar surface area (TPSA) is 96.7 Å². The Hall–Kier alpha value is -2.65. The minimum absolute atomic E-state index is 0.0480. The average Bonchev–Trinajstić information content (AvgIpc) is 2.91. The highest BCUT2D eigenvalue weighted by atomic mass is 35.5. The molecule has 136 valence electrons. The molecule has 8 nitrogen and oxygen atoms in total. The molecule has 1 aliphatic heterocycles. The van der Waals surface area contributed by atoms with Crippen molar-refractivity contribution < 1.29 is 13.2 Å². The second-order valence-corrected chi connectivity index (χ2v) is 7.74. The maximum atomic E-state index is 12.6. The van der Waals surface area contributed by atoms with Gasteiger partial charge in [0, 0.05) is 36.1 Å². The van der Waals surface area contributed by atoms with Gasteiger partial charge < -0.3 is 5.32 Å². The van der Waals surface area contributed by atoms with E-state index in [1.54, 1.807) is 42.9 Å². The Morgan fingerprint density at radius 3 is 2.42 bits per heavy atom. The van der Waals surface area contributed by atoms with Crippen LogP contribution in [-0.4, -0.2) is 41.2 Å². The molecule has 0 fully saturated rings. The van der Waals surface area contributed by atoms with E-state index in [1.165, 1.54) is 19.3 Å². The van der Waals surface area contributed by atoms with Crippen LogP contribution < -0.4 is 5.32 Å². The predicted octanol–water partition coefficient (Wildman–Crippen LogP) is 1.88. The summed E-state index contributed by atoms with van der Waals surface area (Å²) in [7, 11) is -1.01. The van der Waals surface area contributed by atoms with Gasteiger partial charge in [-0.25, -0.2) is 4.31 Å². The van der Waals surface area contributed by atoms with E-state index in [0.29, 0.717) is 16.3 Å². The van der Waals surface area contributed by atoms with Gasteiger partial charge in [0.15, 0.2) is 0 Å². The number of likely N-dealkylation sites (N-methyl/N-ethyl adjacent to an activating group) is 1. The van der Waals surface area contributed by atoms with E-state index >= 15 is 0 Å². The monoisotopic (exact) mass is 393 g/mol. The number of halogens is 1. The summed E-state index contributed by atoms with van der Waals surface area (Å²) >= 11 is 5.83. The van der Waals surface area contributed by atoms with Gasteiger partial charge in [0.25, 0.3) is 5.91 Å². The highest BCUT2D eigenvalue weighted by Crippen LogP contribution is 2.22. The smallest absolute Gasteiger partial charge is 0.321 e. The number of carbonyl (C=O) groups excluding carboxylic acids is 1. The van der Waals surface area contributed by atoms with Crippen LogP contribution in [0.1, 0.15) is 11.3 Å². The normalized spacial score (nSPS) is 16.1. The molecule has 0 unspecified atom stereocenters. The van der Waals surface area contributed by atoms with E-state index in [0.717, 1.165) is 10.00 Å². The van der Waals surface area contributed by atoms with Crippen LogP contribution in [0.4, 0.5) is 5.69 Å². The number of aryl methyl sites for hydroxylation is 1. The molecule has 0 saturated heterocycles. The Labute approximate surface area is 156 Å². The summed E-state index contributed by atoms with van der Waals surface area (Å²) in [6.45, 7) is 1.79.